The van der Waals surface area contributed by atoms with Gasteiger partial charge in [-0.3, -0.25) is 0 Å². The van der Waals surface area contributed by atoms with Gasteiger partial charge < -0.3 is 0 Å². The van der Waals surface area contributed by atoms with Crippen LogP contribution in [-0.4, -0.2) is 0 Å². The van der Waals surface area contributed by atoms with Crippen LogP contribution in [0.5, 0.6) is 0 Å². The Bertz CT molecular complexity index is 2630. The molecule has 0 saturated heterocycles. The van der Waals surface area contributed by atoms with Gasteiger partial charge >= 0.3 is 0 Å². The average Bonchev–Trinajstić information content (AvgIpc) is 3.64. The van der Waals surface area contributed by atoms with Gasteiger partial charge in [0.15, 0.2) is 0 Å². The molecule has 6 bridgehead atoms. The van der Waals surface area contributed by atoms with Crippen LogP contribution in [0.1, 0.15) is 22.3 Å². The minimum Gasteiger partial charge on any atom is -0.0622 e. The second kappa shape index (κ2) is 9.89. The van der Waals surface area contributed by atoms with E-state index in [1.54, 1.807) is 0 Å². The lowest BCUT2D eigenvalue weighted by atomic mass is 9.69. The predicted octanol–water partition coefficient (Wildman–Crippen LogP) is 12.7. The van der Waals surface area contributed by atoms with Crippen molar-refractivity contribution in [3.8, 4) is 77.9 Å². The van der Waals surface area contributed by atoms with Gasteiger partial charge in [0.05, 0.1) is 5.41 Å². The van der Waals surface area contributed by atoms with Crippen molar-refractivity contribution in [2.75, 3.05) is 0 Å². The van der Waals surface area contributed by atoms with Crippen molar-refractivity contribution >= 4 is 0 Å². The average molecular weight is 619 g/mol. The van der Waals surface area contributed by atoms with Crippen LogP contribution in [0.4, 0.5) is 0 Å². The summed E-state index contributed by atoms with van der Waals surface area (Å²) in [6.45, 7) is 0. The highest BCUT2D eigenvalue weighted by molar-refractivity contribution is 6.00. The topological polar surface area (TPSA) is 0 Å². The van der Waals surface area contributed by atoms with E-state index in [1.807, 2.05) is 0 Å². The molecule has 8 aromatic rings. The zero-order chi connectivity index (χ0) is 32.1. The van der Waals surface area contributed by atoms with Gasteiger partial charge in [-0.25, -0.2) is 0 Å². The standard InChI is InChI=1S/C49H30/c1-3-11-31(12-4-1)33-19-23-38-34-20-24-37(32-13-5-2-6-14-32)44(28-34)36-22-26-42-40-16-8-10-18-46(40)49(48(42)30-36)45-17-9-7-15-39(45)41-25-21-35(29-47(41)49)43(38)27-33/h1-30H. The van der Waals surface area contributed by atoms with E-state index in [0.29, 0.717) is 0 Å². The summed E-state index contributed by atoms with van der Waals surface area (Å²) in [4.78, 5) is 0. The molecule has 0 heterocycles. The maximum Gasteiger partial charge on any atom is 0.0725 e. The minimum absolute atomic E-state index is 0.412. The highest BCUT2D eigenvalue weighted by Crippen LogP contribution is 2.64. The molecule has 0 radical (unpaired) electrons. The van der Waals surface area contributed by atoms with Crippen molar-refractivity contribution in [3.63, 3.8) is 0 Å². The van der Waals surface area contributed by atoms with E-state index in [1.165, 1.54) is 100 Å². The molecule has 11 rings (SSSR count). The maximum absolute atomic E-state index is 2.52. The summed E-state index contributed by atoms with van der Waals surface area (Å²) in [6.07, 6.45) is 0. The number of hydrogen-bond donors (Lipinski definition) is 0. The van der Waals surface area contributed by atoms with Crippen LogP contribution in [-0.2, 0) is 5.41 Å². The maximum atomic E-state index is 2.52. The van der Waals surface area contributed by atoms with Crippen LogP contribution in [0.2, 0.25) is 0 Å². The van der Waals surface area contributed by atoms with E-state index >= 15 is 0 Å². The van der Waals surface area contributed by atoms with Gasteiger partial charge in [-0.1, -0.05) is 158 Å². The molecule has 0 fully saturated rings. The van der Waals surface area contributed by atoms with Gasteiger partial charge in [0.2, 0.25) is 0 Å². The molecule has 0 nitrogen and oxygen atoms in total. The summed E-state index contributed by atoms with van der Waals surface area (Å²) in [5.74, 6) is 0. The van der Waals surface area contributed by atoms with Crippen LogP contribution >= 0.6 is 0 Å². The molecule has 3 aliphatic rings. The fourth-order valence-corrected chi connectivity index (χ4v) is 9.14. The summed E-state index contributed by atoms with van der Waals surface area (Å²) in [5, 5.41) is 0. The van der Waals surface area contributed by atoms with Gasteiger partial charge in [-0.15, -0.1) is 0 Å². The van der Waals surface area contributed by atoms with E-state index in [0.717, 1.165) is 0 Å². The Morgan fingerprint density at radius 3 is 1.16 bits per heavy atom. The first-order chi connectivity index (χ1) is 24.3. The zero-order valence-electron chi connectivity index (χ0n) is 26.8. The molecule has 8 aromatic carbocycles. The van der Waals surface area contributed by atoms with Gasteiger partial charge in [-0.2, -0.15) is 0 Å². The lowest BCUT2D eigenvalue weighted by molar-refractivity contribution is 0.794. The fourth-order valence-electron chi connectivity index (χ4n) is 9.14. The molecular weight excluding hydrogens is 589 g/mol. The quantitative estimate of drug-likeness (QED) is 0.181. The second-order valence-corrected chi connectivity index (χ2v) is 13.6. The van der Waals surface area contributed by atoms with Crippen LogP contribution in [0.15, 0.2) is 182 Å². The third kappa shape index (κ3) is 3.58. The van der Waals surface area contributed by atoms with Crippen LogP contribution in [0.25, 0.3) is 77.9 Å². The smallest absolute Gasteiger partial charge is 0.0622 e. The molecule has 1 spiro atoms. The molecule has 0 saturated carbocycles. The third-order valence-electron chi connectivity index (χ3n) is 11.3. The number of hydrogen-bond acceptors (Lipinski definition) is 0. The number of fused-ring (bicyclic) bond motifs is 12. The molecule has 49 heavy (non-hydrogen) atoms. The summed E-state index contributed by atoms with van der Waals surface area (Å²) in [7, 11) is 0. The third-order valence-corrected chi connectivity index (χ3v) is 11.3. The fraction of sp³-hybridized carbons (Fsp3) is 0.0204. The van der Waals surface area contributed by atoms with Crippen molar-refractivity contribution < 1.29 is 0 Å². The van der Waals surface area contributed by atoms with Crippen molar-refractivity contribution in [3.05, 3.63) is 204 Å². The van der Waals surface area contributed by atoms with E-state index in [-0.39, 0.29) is 0 Å². The van der Waals surface area contributed by atoms with E-state index in [2.05, 4.69) is 182 Å². The van der Waals surface area contributed by atoms with E-state index in [9.17, 15) is 0 Å². The molecule has 226 valence electrons. The Kier molecular flexibility index (Phi) is 5.41. The first kappa shape index (κ1) is 26.8. The van der Waals surface area contributed by atoms with Crippen molar-refractivity contribution in [2.24, 2.45) is 0 Å². The first-order valence-electron chi connectivity index (χ1n) is 17.2. The first-order valence-corrected chi connectivity index (χ1v) is 17.2. The molecule has 0 aliphatic heterocycles. The SMILES string of the molecule is c1ccc(-c2ccc3c(c2)-c2ccc4c(c2)C2(c5ccccc5-4)c4ccccc4-c4ccc(cc42)-c2cc-3ccc2-c2ccccc2)cc1. The summed E-state index contributed by atoms with van der Waals surface area (Å²) in [5.41, 5.74) is 22.8. The molecule has 0 aromatic heterocycles. The van der Waals surface area contributed by atoms with Crippen LogP contribution in [0, 0.1) is 0 Å². The Morgan fingerprint density at radius 1 is 0.204 bits per heavy atom. The van der Waals surface area contributed by atoms with Crippen molar-refractivity contribution in [1.82, 2.24) is 0 Å². The monoisotopic (exact) mass is 618 g/mol. The van der Waals surface area contributed by atoms with Gasteiger partial charge in [0, 0.05) is 0 Å². The molecule has 0 heteroatoms. The number of rotatable bonds is 2. The lowest BCUT2D eigenvalue weighted by Crippen LogP contribution is -2.26. The Morgan fingerprint density at radius 2 is 0.592 bits per heavy atom. The highest BCUT2D eigenvalue weighted by atomic mass is 14.5. The Hall–Kier alpha value is -6.24. The zero-order valence-corrected chi connectivity index (χ0v) is 26.8. The van der Waals surface area contributed by atoms with Crippen molar-refractivity contribution in [2.45, 2.75) is 5.41 Å². The second-order valence-electron chi connectivity index (χ2n) is 13.6. The molecule has 1 unspecified atom stereocenters. The Balaban J connectivity index is 1.32. The van der Waals surface area contributed by atoms with Crippen LogP contribution in [0.3, 0.4) is 0 Å². The molecule has 3 aliphatic carbocycles. The molecule has 0 amide bonds. The molecule has 1 atom stereocenters. The Labute approximate surface area is 286 Å². The van der Waals surface area contributed by atoms with Gasteiger partial charge in [0.1, 0.15) is 0 Å². The normalized spacial score (nSPS) is 15.4. The predicted molar refractivity (Wildman–Crippen MR) is 203 cm³/mol. The van der Waals surface area contributed by atoms with E-state index < -0.39 is 5.41 Å². The number of benzene rings is 8. The van der Waals surface area contributed by atoms with Gasteiger partial charge in [0.25, 0.3) is 0 Å². The van der Waals surface area contributed by atoms with Gasteiger partial charge in [-0.05, 0) is 124 Å². The van der Waals surface area contributed by atoms with Crippen molar-refractivity contribution in [1.29, 1.82) is 0 Å². The highest BCUT2D eigenvalue weighted by Gasteiger charge is 2.51. The minimum atomic E-state index is -0.412. The lowest BCUT2D eigenvalue weighted by Gasteiger charge is -2.31. The molecule has 0 N–H and O–H groups in total. The summed E-state index contributed by atoms with van der Waals surface area (Å²) < 4.78 is 0. The molecular formula is C49H30. The summed E-state index contributed by atoms with van der Waals surface area (Å²) >= 11 is 0. The summed E-state index contributed by atoms with van der Waals surface area (Å²) in [6, 6.07) is 68.4. The largest absolute Gasteiger partial charge is 0.0725 e. The van der Waals surface area contributed by atoms with Crippen LogP contribution < -0.4 is 0 Å². The van der Waals surface area contributed by atoms with E-state index in [4.69, 9.17) is 0 Å².